The van der Waals surface area contributed by atoms with Crippen molar-refractivity contribution in [3.05, 3.63) is 59.9 Å². The van der Waals surface area contributed by atoms with Crippen LogP contribution in [-0.4, -0.2) is 28.3 Å². The average Bonchev–Trinajstić information content (AvgIpc) is 3.27. The maximum absolute atomic E-state index is 12.3. The van der Waals surface area contributed by atoms with Crippen LogP contribution in [0.4, 0.5) is 5.82 Å². The molecule has 6 heteroatoms. The summed E-state index contributed by atoms with van der Waals surface area (Å²) in [6, 6.07) is 11.7. The molecule has 1 aromatic carbocycles. The lowest BCUT2D eigenvalue weighted by atomic mass is 10.1. The summed E-state index contributed by atoms with van der Waals surface area (Å²) in [6.45, 7) is 1.13. The second kappa shape index (κ2) is 7.00. The van der Waals surface area contributed by atoms with Gasteiger partial charge in [-0.05, 0) is 35.7 Å². The number of rotatable bonds is 5. The first-order valence-corrected chi connectivity index (χ1v) is 8.78. The van der Waals surface area contributed by atoms with Crippen molar-refractivity contribution in [2.24, 2.45) is 0 Å². The summed E-state index contributed by atoms with van der Waals surface area (Å²) in [4.78, 5) is 33.3. The molecule has 132 valence electrons. The zero-order valence-electron chi connectivity index (χ0n) is 14.4. The molecule has 0 saturated carbocycles. The molecule has 0 atom stereocenters. The van der Waals surface area contributed by atoms with Crippen molar-refractivity contribution in [2.75, 3.05) is 11.4 Å². The number of aromatic amines is 1. The number of hydrogen-bond acceptors (Lipinski definition) is 3. The Hall–Kier alpha value is -3.15. The van der Waals surface area contributed by atoms with Gasteiger partial charge in [0.1, 0.15) is 5.82 Å². The molecule has 3 heterocycles. The van der Waals surface area contributed by atoms with Crippen LogP contribution in [0.3, 0.4) is 0 Å². The van der Waals surface area contributed by atoms with E-state index in [-0.39, 0.29) is 11.8 Å². The highest BCUT2D eigenvalue weighted by molar-refractivity contribution is 5.94. The van der Waals surface area contributed by atoms with Gasteiger partial charge in [0.2, 0.25) is 11.8 Å². The zero-order valence-corrected chi connectivity index (χ0v) is 14.4. The van der Waals surface area contributed by atoms with E-state index >= 15 is 0 Å². The molecule has 0 unspecified atom stereocenters. The van der Waals surface area contributed by atoms with Crippen LogP contribution in [-0.2, 0) is 22.6 Å². The highest BCUT2D eigenvalue weighted by atomic mass is 16.2. The van der Waals surface area contributed by atoms with Gasteiger partial charge in [-0.1, -0.05) is 18.2 Å². The van der Waals surface area contributed by atoms with E-state index < -0.39 is 0 Å². The number of aromatic nitrogens is 2. The number of anilines is 1. The van der Waals surface area contributed by atoms with E-state index in [0.717, 1.165) is 28.5 Å². The Morgan fingerprint density at radius 1 is 1.27 bits per heavy atom. The van der Waals surface area contributed by atoms with Crippen molar-refractivity contribution in [3.8, 4) is 0 Å². The molecule has 3 aromatic rings. The number of amides is 2. The molecule has 0 spiro atoms. The van der Waals surface area contributed by atoms with Crippen LogP contribution in [0.5, 0.6) is 0 Å². The summed E-state index contributed by atoms with van der Waals surface area (Å²) in [5, 5.41) is 4.02. The molecule has 1 saturated heterocycles. The Bertz CT molecular complexity index is 963. The maximum Gasteiger partial charge on any atom is 0.228 e. The van der Waals surface area contributed by atoms with Crippen LogP contribution in [0.25, 0.3) is 10.9 Å². The van der Waals surface area contributed by atoms with Crippen LogP contribution in [0.2, 0.25) is 0 Å². The predicted molar refractivity (Wildman–Crippen MR) is 99.7 cm³/mol. The quantitative estimate of drug-likeness (QED) is 0.744. The fourth-order valence-corrected chi connectivity index (χ4v) is 3.32. The third-order valence-corrected chi connectivity index (χ3v) is 4.68. The number of benzene rings is 1. The number of carbonyl (C=O) groups is 2. The number of hydrogen-bond donors (Lipinski definition) is 2. The standard InChI is InChI=1S/C20H20N4O2/c25-19(11-15-13-22-17-5-2-1-4-16(15)17)23-12-14-7-8-21-18(10-14)24-9-3-6-20(24)26/h1-2,4-5,7-8,10,13,22H,3,6,9,11-12H2,(H,23,25). The van der Waals surface area contributed by atoms with Gasteiger partial charge < -0.3 is 10.3 Å². The van der Waals surface area contributed by atoms with Gasteiger partial charge in [-0.3, -0.25) is 14.5 Å². The number of pyridine rings is 1. The summed E-state index contributed by atoms with van der Waals surface area (Å²) in [5.74, 6) is 0.735. The van der Waals surface area contributed by atoms with Crippen molar-refractivity contribution < 1.29 is 9.59 Å². The van der Waals surface area contributed by atoms with Gasteiger partial charge in [-0.25, -0.2) is 4.98 Å². The monoisotopic (exact) mass is 348 g/mol. The van der Waals surface area contributed by atoms with Crippen LogP contribution < -0.4 is 10.2 Å². The second-order valence-electron chi connectivity index (χ2n) is 6.48. The number of H-pyrrole nitrogens is 1. The van der Waals surface area contributed by atoms with E-state index in [1.165, 1.54) is 0 Å². The highest BCUT2D eigenvalue weighted by Gasteiger charge is 2.22. The van der Waals surface area contributed by atoms with Gasteiger partial charge in [0.15, 0.2) is 0 Å². The van der Waals surface area contributed by atoms with E-state index in [1.807, 2.05) is 42.6 Å². The molecule has 2 aromatic heterocycles. The van der Waals surface area contributed by atoms with Crippen LogP contribution >= 0.6 is 0 Å². The first kappa shape index (κ1) is 16.3. The van der Waals surface area contributed by atoms with E-state index in [9.17, 15) is 9.59 Å². The molecule has 1 aliphatic rings. The second-order valence-corrected chi connectivity index (χ2v) is 6.48. The van der Waals surface area contributed by atoms with Crippen molar-refractivity contribution >= 4 is 28.5 Å². The van der Waals surface area contributed by atoms with Gasteiger partial charge in [0, 0.05) is 42.8 Å². The molecule has 0 aliphatic carbocycles. The zero-order chi connectivity index (χ0) is 17.9. The lowest BCUT2D eigenvalue weighted by molar-refractivity contribution is -0.120. The summed E-state index contributed by atoms with van der Waals surface area (Å²) < 4.78 is 0. The summed E-state index contributed by atoms with van der Waals surface area (Å²) in [5.41, 5.74) is 2.95. The normalized spacial score (nSPS) is 14.2. The lowest BCUT2D eigenvalue weighted by Crippen LogP contribution is -2.26. The molecule has 0 radical (unpaired) electrons. The highest BCUT2D eigenvalue weighted by Crippen LogP contribution is 2.20. The fourth-order valence-electron chi connectivity index (χ4n) is 3.32. The van der Waals surface area contributed by atoms with Crippen molar-refractivity contribution in [1.29, 1.82) is 0 Å². The Morgan fingerprint density at radius 3 is 3.00 bits per heavy atom. The molecule has 2 amide bonds. The Balaban J connectivity index is 1.39. The predicted octanol–water partition coefficient (Wildman–Crippen LogP) is 2.55. The number of nitrogens with one attached hydrogen (secondary N) is 2. The van der Waals surface area contributed by atoms with Crippen LogP contribution in [0.15, 0.2) is 48.8 Å². The minimum Gasteiger partial charge on any atom is -0.361 e. The summed E-state index contributed by atoms with van der Waals surface area (Å²) >= 11 is 0. The first-order valence-electron chi connectivity index (χ1n) is 8.78. The number of carbonyl (C=O) groups excluding carboxylic acids is 2. The molecule has 6 nitrogen and oxygen atoms in total. The third-order valence-electron chi connectivity index (χ3n) is 4.68. The molecule has 1 fully saturated rings. The molecule has 26 heavy (non-hydrogen) atoms. The number of nitrogens with zero attached hydrogens (tertiary/aromatic N) is 2. The van der Waals surface area contributed by atoms with Gasteiger partial charge in [-0.2, -0.15) is 0 Å². The molecule has 0 bridgehead atoms. The number of fused-ring (bicyclic) bond motifs is 1. The van der Waals surface area contributed by atoms with E-state index in [2.05, 4.69) is 15.3 Å². The Labute approximate surface area is 151 Å². The van der Waals surface area contributed by atoms with Crippen molar-refractivity contribution in [3.63, 3.8) is 0 Å². The van der Waals surface area contributed by atoms with Crippen molar-refractivity contribution in [2.45, 2.75) is 25.8 Å². The van der Waals surface area contributed by atoms with E-state index in [4.69, 9.17) is 0 Å². The Kier molecular flexibility index (Phi) is 4.39. The SMILES string of the molecule is O=C(Cc1c[nH]c2ccccc12)NCc1ccnc(N2CCCC2=O)c1. The fraction of sp³-hybridized carbons (Fsp3) is 0.250. The maximum atomic E-state index is 12.3. The first-order chi connectivity index (χ1) is 12.7. The molecular formula is C20H20N4O2. The minimum absolute atomic E-state index is 0.0367. The summed E-state index contributed by atoms with van der Waals surface area (Å²) in [6.07, 6.45) is 5.34. The van der Waals surface area contributed by atoms with Gasteiger partial charge in [0.05, 0.1) is 6.42 Å². The molecule has 1 aliphatic heterocycles. The molecule has 4 rings (SSSR count). The van der Waals surface area contributed by atoms with Gasteiger partial charge in [0.25, 0.3) is 0 Å². The third kappa shape index (κ3) is 3.31. The topological polar surface area (TPSA) is 78.1 Å². The van der Waals surface area contributed by atoms with Gasteiger partial charge >= 0.3 is 0 Å². The number of para-hydroxylation sites is 1. The smallest absolute Gasteiger partial charge is 0.228 e. The lowest BCUT2D eigenvalue weighted by Gasteiger charge is -2.15. The van der Waals surface area contributed by atoms with Crippen LogP contribution in [0.1, 0.15) is 24.0 Å². The van der Waals surface area contributed by atoms with E-state index in [1.54, 1.807) is 11.1 Å². The van der Waals surface area contributed by atoms with Crippen molar-refractivity contribution in [1.82, 2.24) is 15.3 Å². The Morgan fingerprint density at radius 2 is 2.15 bits per heavy atom. The van der Waals surface area contributed by atoms with Gasteiger partial charge in [-0.15, -0.1) is 0 Å². The molecule has 2 N–H and O–H groups in total. The average molecular weight is 348 g/mol. The molecular weight excluding hydrogens is 328 g/mol. The summed E-state index contributed by atoms with van der Waals surface area (Å²) in [7, 11) is 0. The minimum atomic E-state index is -0.0367. The largest absolute Gasteiger partial charge is 0.361 e. The van der Waals surface area contributed by atoms with Crippen LogP contribution in [0, 0.1) is 0 Å². The van der Waals surface area contributed by atoms with E-state index in [0.29, 0.717) is 31.7 Å².